The Morgan fingerprint density at radius 1 is 1.38 bits per heavy atom. The van der Waals surface area contributed by atoms with Gasteiger partial charge in [-0.15, -0.1) is 0 Å². The van der Waals surface area contributed by atoms with E-state index in [2.05, 4.69) is 10.6 Å². The Bertz CT molecular complexity index is 195. The number of carbonyl (C=O) groups is 2. The minimum Gasteiger partial charge on any atom is -0.459 e. The van der Waals surface area contributed by atoms with Crippen LogP contribution >= 0.6 is 0 Å². The van der Waals surface area contributed by atoms with E-state index in [1.54, 1.807) is 0 Å². The number of rotatable bonds is 2. The van der Waals surface area contributed by atoms with Crippen molar-refractivity contribution in [2.45, 2.75) is 26.0 Å². The zero-order chi connectivity index (χ0) is 9.84. The van der Waals surface area contributed by atoms with Crippen LogP contribution in [0.2, 0.25) is 0 Å². The van der Waals surface area contributed by atoms with Gasteiger partial charge in [0.2, 0.25) is 5.91 Å². The maximum atomic E-state index is 10.8. The van der Waals surface area contributed by atoms with Gasteiger partial charge in [0.1, 0.15) is 6.10 Å². The van der Waals surface area contributed by atoms with Crippen molar-refractivity contribution in [2.75, 3.05) is 13.1 Å². The lowest BCUT2D eigenvalue weighted by molar-refractivity contribution is -0.147. The molecule has 1 saturated heterocycles. The second kappa shape index (κ2) is 4.23. The molecule has 0 aliphatic carbocycles. The average molecular weight is 186 g/mol. The number of ether oxygens (including phenoxy) is 1. The van der Waals surface area contributed by atoms with Gasteiger partial charge in [-0.1, -0.05) is 0 Å². The quantitative estimate of drug-likeness (QED) is 0.544. The van der Waals surface area contributed by atoms with Crippen molar-refractivity contribution in [3.63, 3.8) is 0 Å². The maximum absolute atomic E-state index is 10.8. The summed E-state index contributed by atoms with van der Waals surface area (Å²) < 4.78 is 5.01. The van der Waals surface area contributed by atoms with Crippen molar-refractivity contribution in [1.82, 2.24) is 10.6 Å². The van der Waals surface area contributed by atoms with Crippen LogP contribution in [0.1, 0.15) is 13.8 Å². The highest BCUT2D eigenvalue weighted by atomic mass is 16.5. The van der Waals surface area contributed by atoms with Crippen molar-refractivity contribution in [1.29, 1.82) is 0 Å². The van der Waals surface area contributed by atoms with Crippen LogP contribution in [-0.2, 0) is 14.3 Å². The lowest BCUT2D eigenvalue weighted by Gasteiger charge is -2.18. The summed E-state index contributed by atoms with van der Waals surface area (Å²) in [5.74, 6) is -0.421. The molecule has 0 aromatic heterocycles. The van der Waals surface area contributed by atoms with Crippen LogP contribution in [0.5, 0.6) is 0 Å². The fourth-order valence-corrected chi connectivity index (χ4v) is 1.40. The third kappa shape index (κ3) is 3.02. The van der Waals surface area contributed by atoms with Crippen LogP contribution in [-0.4, -0.2) is 37.1 Å². The van der Waals surface area contributed by atoms with Gasteiger partial charge >= 0.3 is 5.97 Å². The van der Waals surface area contributed by atoms with Crippen LogP contribution in [0.25, 0.3) is 0 Å². The SMILES string of the molecule is CC(=O)NC1CNCC1OC(C)=O. The van der Waals surface area contributed by atoms with Crippen LogP contribution < -0.4 is 10.6 Å². The van der Waals surface area contributed by atoms with E-state index >= 15 is 0 Å². The van der Waals surface area contributed by atoms with E-state index in [0.29, 0.717) is 13.1 Å². The minimum atomic E-state index is -0.316. The molecule has 2 N–H and O–H groups in total. The van der Waals surface area contributed by atoms with Gasteiger partial charge in [0.25, 0.3) is 0 Å². The highest BCUT2D eigenvalue weighted by molar-refractivity contribution is 5.73. The predicted molar refractivity (Wildman–Crippen MR) is 46.0 cm³/mol. The Hall–Kier alpha value is -1.10. The second-order valence-electron chi connectivity index (χ2n) is 3.11. The van der Waals surface area contributed by atoms with Crippen LogP contribution in [0.15, 0.2) is 0 Å². The number of carbonyl (C=O) groups excluding carboxylic acids is 2. The molecule has 2 unspecified atom stereocenters. The van der Waals surface area contributed by atoms with Gasteiger partial charge in [0.15, 0.2) is 0 Å². The van der Waals surface area contributed by atoms with Gasteiger partial charge in [-0.25, -0.2) is 0 Å². The predicted octanol–water partition coefficient (Wildman–Crippen LogP) is -0.974. The molecule has 0 aromatic rings. The molecule has 1 rings (SSSR count). The number of hydrogen-bond acceptors (Lipinski definition) is 4. The zero-order valence-corrected chi connectivity index (χ0v) is 7.79. The van der Waals surface area contributed by atoms with Gasteiger partial charge < -0.3 is 15.4 Å². The van der Waals surface area contributed by atoms with E-state index in [9.17, 15) is 9.59 Å². The molecule has 1 aliphatic heterocycles. The molecule has 0 saturated carbocycles. The van der Waals surface area contributed by atoms with Gasteiger partial charge in [0, 0.05) is 26.9 Å². The smallest absolute Gasteiger partial charge is 0.303 e. The Kier molecular flexibility index (Phi) is 3.25. The summed E-state index contributed by atoms with van der Waals surface area (Å²) in [6.07, 6.45) is -0.235. The second-order valence-corrected chi connectivity index (χ2v) is 3.11. The highest BCUT2D eigenvalue weighted by Gasteiger charge is 2.29. The van der Waals surface area contributed by atoms with Crippen LogP contribution in [0.4, 0.5) is 0 Å². The first-order chi connectivity index (χ1) is 6.09. The first kappa shape index (κ1) is 9.98. The summed E-state index contributed by atoms with van der Waals surface area (Å²) in [5, 5.41) is 5.76. The number of amides is 1. The summed E-state index contributed by atoms with van der Waals surface area (Å²) in [6, 6.07) is -0.0959. The third-order valence-electron chi connectivity index (χ3n) is 1.86. The summed E-state index contributed by atoms with van der Waals surface area (Å²) in [7, 11) is 0. The number of hydrogen-bond donors (Lipinski definition) is 2. The Morgan fingerprint density at radius 2 is 2.08 bits per heavy atom. The molecular formula is C8H14N2O3. The van der Waals surface area contributed by atoms with Crippen molar-refractivity contribution in [2.24, 2.45) is 0 Å². The lowest BCUT2D eigenvalue weighted by Crippen LogP contribution is -2.43. The molecule has 5 heteroatoms. The monoisotopic (exact) mass is 186 g/mol. The molecule has 74 valence electrons. The Morgan fingerprint density at radius 3 is 2.62 bits per heavy atom. The van der Waals surface area contributed by atoms with Gasteiger partial charge in [-0.05, 0) is 0 Å². The first-order valence-corrected chi connectivity index (χ1v) is 4.24. The number of nitrogens with one attached hydrogen (secondary N) is 2. The van der Waals surface area contributed by atoms with E-state index in [0.717, 1.165) is 0 Å². The summed E-state index contributed by atoms with van der Waals surface area (Å²) in [5.41, 5.74) is 0. The van der Waals surface area contributed by atoms with Crippen molar-refractivity contribution < 1.29 is 14.3 Å². The molecule has 5 nitrogen and oxygen atoms in total. The molecule has 0 radical (unpaired) electrons. The molecule has 13 heavy (non-hydrogen) atoms. The molecule has 1 heterocycles. The molecule has 1 fully saturated rings. The lowest BCUT2D eigenvalue weighted by atomic mass is 10.2. The standard InChI is InChI=1S/C8H14N2O3/c1-5(11)10-7-3-9-4-8(7)13-6(2)12/h7-9H,3-4H2,1-2H3,(H,10,11). The fourth-order valence-electron chi connectivity index (χ4n) is 1.40. The van der Waals surface area contributed by atoms with E-state index in [4.69, 9.17) is 4.74 Å². The summed E-state index contributed by atoms with van der Waals surface area (Å²) >= 11 is 0. The molecule has 2 atom stereocenters. The number of esters is 1. The largest absolute Gasteiger partial charge is 0.459 e. The molecule has 0 spiro atoms. The van der Waals surface area contributed by atoms with Gasteiger partial charge in [-0.2, -0.15) is 0 Å². The third-order valence-corrected chi connectivity index (χ3v) is 1.86. The van der Waals surface area contributed by atoms with Crippen molar-refractivity contribution in [3.8, 4) is 0 Å². The van der Waals surface area contributed by atoms with Crippen molar-refractivity contribution in [3.05, 3.63) is 0 Å². The molecule has 0 bridgehead atoms. The molecule has 0 aromatic carbocycles. The van der Waals surface area contributed by atoms with E-state index in [1.165, 1.54) is 13.8 Å². The Labute approximate surface area is 76.8 Å². The Balaban J connectivity index is 2.43. The summed E-state index contributed by atoms with van der Waals surface area (Å²) in [6.45, 7) is 4.06. The van der Waals surface area contributed by atoms with E-state index in [1.807, 2.05) is 0 Å². The van der Waals surface area contributed by atoms with Crippen LogP contribution in [0, 0.1) is 0 Å². The average Bonchev–Trinajstić information content (AvgIpc) is 2.34. The van der Waals surface area contributed by atoms with Gasteiger partial charge in [0.05, 0.1) is 6.04 Å². The molecule has 1 amide bonds. The molecular weight excluding hydrogens is 172 g/mol. The molecule has 1 aliphatic rings. The van der Waals surface area contributed by atoms with E-state index in [-0.39, 0.29) is 24.0 Å². The van der Waals surface area contributed by atoms with Crippen LogP contribution in [0.3, 0.4) is 0 Å². The van der Waals surface area contributed by atoms with Crippen molar-refractivity contribution >= 4 is 11.9 Å². The fraction of sp³-hybridized carbons (Fsp3) is 0.750. The highest BCUT2D eigenvalue weighted by Crippen LogP contribution is 2.04. The summed E-state index contributed by atoms with van der Waals surface area (Å²) in [4.78, 5) is 21.4. The topological polar surface area (TPSA) is 67.4 Å². The minimum absolute atomic E-state index is 0.0959. The van der Waals surface area contributed by atoms with E-state index < -0.39 is 0 Å². The van der Waals surface area contributed by atoms with Gasteiger partial charge in [-0.3, -0.25) is 9.59 Å². The normalized spacial score (nSPS) is 26.9. The maximum Gasteiger partial charge on any atom is 0.303 e. The first-order valence-electron chi connectivity index (χ1n) is 4.24. The zero-order valence-electron chi connectivity index (χ0n) is 7.79.